The highest BCUT2D eigenvalue weighted by molar-refractivity contribution is 5.74. The van der Waals surface area contributed by atoms with Crippen LogP contribution in [0.4, 0.5) is 0 Å². The average molecular weight is 284 g/mol. The maximum atomic E-state index is 11.6. The maximum Gasteiger partial charge on any atom is 0.334 e. The Morgan fingerprint density at radius 1 is 0.952 bits per heavy atom. The van der Waals surface area contributed by atoms with Crippen LogP contribution in [0.25, 0.3) is 0 Å². The van der Waals surface area contributed by atoms with E-state index in [0.29, 0.717) is 0 Å². The first kappa shape index (κ1) is 15.3. The second kappa shape index (κ2) is 7.04. The molecule has 2 aromatic carbocycles. The minimum absolute atomic E-state index is 0.0681. The minimum atomic E-state index is -1.15. The maximum absolute atomic E-state index is 11.6. The molecule has 0 aliphatic rings. The second-order valence-corrected chi connectivity index (χ2v) is 5.13. The molecule has 0 saturated heterocycles. The molecule has 3 heteroatoms. The van der Waals surface area contributed by atoms with Crippen molar-refractivity contribution < 1.29 is 14.6 Å². The predicted molar refractivity (Wildman–Crippen MR) is 81.9 cm³/mol. The molecule has 0 bridgehead atoms. The summed E-state index contributed by atoms with van der Waals surface area (Å²) in [6.45, 7) is 1.87. The summed E-state index contributed by atoms with van der Waals surface area (Å²) in [7, 11) is 1.29. The Bertz CT molecular complexity index is 526. The molecule has 21 heavy (non-hydrogen) atoms. The van der Waals surface area contributed by atoms with Gasteiger partial charge in [0.15, 0.2) is 6.10 Å². The quantitative estimate of drug-likeness (QED) is 0.859. The third kappa shape index (κ3) is 3.50. The minimum Gasteiger partial charge on any atom is -0.467 e. The van der Waals surface area contributed by atoms with Crippen LogP contribution in [0, 0.1) is 5.92 Å². The summed E-state index contributed by atoms with van der Waals surface area (Å²) >= 11 is 0. The third-order valence-corrected chi connectivity index (χ3v) is 3.78. The van der Waals surface area contributed by atoms with Gasteiger partial charge in [-0.15, -0.1) is 0 Å². The second-order valence-electron chi connectivity index (χ2n) is 5.13. The van der Waals surface area contributed by atoms with E-state index in [1.807, 2.05) is 67.6 Å². The van der Waals surface area contributed by atoms with E-state index in [0.717, 1.165) is 11.1 Å². The summed E-state index contributed by atoms with van der Waals surface area (Å²) in [6, 6.07) is 19.8. The largest absolute Gasteiger partial charge is 0.467 e. The van der Waals surface area contributed by atoms with Gasteiger partial charge in [-0.25, -0.2) is 4.79 Å². The van der Waals surface area contributed by atoms with Gasteiger partial charge in [-0.2, -0.15) is 0 Å². The Balaban J connectivity index is 2.40. The molecule has 110 valence electrons. The van der Waals surface area contributed by atoms with Gasteiger partial charge in [0.1, 0.15) is 0 Å². The molecule has 0 amide bonds. The number of rotatable bonds is 5. The number of esters is 1. The number of hydrogen-bond donors (Lipinski definition) is 1. The van der Waals surface area contributed by atoms with Crippen molar-refractivity contribution in [3.8, 4) is 0 Å². The zero-order valence-electron chi connectivity index (χ0n) is 12.3. The molecule has 1 N–H and O–H groups in total. The van der Waals surface area contributed by atoms with Crippen molar-refractivity contribution in [1.82, 2.24) is 0 Å². The van der Waals surface area contributed by atoms with E-state index in [1.165, 1.54) is 7.11 Å². The summed E-state index contributed by atoms with van der Waals surface area (Å²) in [5.41, 5.74) is 2.14. The fourth-order valence-corrected chi connectivity index (χ4v) is 2.64. The van der Waals surface area contributed by atoms with Crippen LogP contribution in [-0.4, -0.2) is 24.3 Å². The van der Waals surface area contributed by atoms with Crippen molar-refractivity contribution in [2.45, 2.75) is 18.9 Å². The van der Waals surface area contributed by atoms with Crippen LogP contribution in [0.2, 0.25) is 0 Å². The molecule has 2 aromatic rings. The lowest BCUT2D eigenvalue weighted by Crippen LogP contribution is -2.33. The first-order valence-electron chi connectivity index (χ1n) is 7.01. The average Bonchev–Trinajstić information content (AvgIpc) is 2.55. The van der Waals surface area contributed by atoms with Crippen molar-refractivity contribution >= 4 is 5.97 Å². The molecule has 0 aliphatic heterocycles. The van der Waals surface area contributed by atoms with Crippen molar-refractivity contribution in [1.29, 1.82) is 0 Å². The van der Waals surface area contributed by atoms with Gasteiger partial charge in [0.05, 0.1) is 7.11 Å². The van der Waals surface area contributed by atoms with Crippen LogP contribution in [0.3, 0.4) is 0 Å². The van der Waals surface area contributed by atoms with Crippen LogP contribution in [0.1, 0.15) is 24.0 Å². The molecule has 0 aliphatic carbocycles. The number of ether oxygens (including phenoxy) is 1. The van der Waals surface area contributed by atoms with Gasteiger partial charge in [0, 0.05) is 11.8 Å². The molecule has 0 heterocycles. The van der Waals surface area contributed by atoms with Crippen molar-refractivity contribution in [2.24, 2.45) is 5.92 Å². The Morgan fingerprint density at radius 3 is 1.76 bits per heavy atom. The first-order chi connectivity index (χ1) is 10.1. The number of aliphatic hydroxyl groups excluding tert-OH is 1. The van der Waals surface area contributed by atoms with Crippen LogP contribution < -0.4 is 0 Å². The SMILES string of the molecule is COC(=O)C(O)C(C)C(c1ccccc1)c1ccccc1. The van der Waals surface area contributed by atoms with Crippen molar-refractivity contribution in [3.63, 3.8) is 0 Å². The van der Waals surface area contributed by atoms with Gasteiger partial charge in [0.25, 0.3) is 0 Å². The highest BCUT2D eigenvalue weighted by Gasteiger charge is 2.31. The van der Waals surface area contributed by atoms with Crippen molar-refractivity contribution in [2.75, 3.05) is 7.11 Å². The lowest BCUT2D eigenvalue weighted by Gasteiger charge is -2.27. The van der Waals surface area contributed by atoms with Crippen molar-refractivity contribution in [3.05, 3.63) is 71.8 Å². The topological polar surface area (TPSA) is 46.5 Å². The summed E-state index contributed by atoms with van der Waals surface area (Å²) in [4.78, 5) is 11.6. The highest BCUT2D eigenvalue weighted by Crippen LogP contribution is 2.34. The summed E-state index contributed by atoms with van der Waals surface area (Å²) in [6.07, 6.45) is -1.15. The molecule has 0 saturated carbocycles. The monoisotopic (exact) mass is 284 g/mol. The van der Waals surface area contributed by atoms with E-state index in [9.17, 15) is 9.90 Å². The zero-order chi connectivity index (χ0) is 15.2. The van der Waals surface area contributed by atoms with E-state index < -0.39 is 12.1 Å². The normalized spacial score (nSPS) is 13.7. The van der Waals surface area contributed by atoms with Gasteiger partial charge in [-0.1, -0.05) is 67.6 Å². The van der Waals surface area contributed by atoms with Gasteiger partial charge in [-0.3, -0.25) is 0 Å². The molecule has 0 spiro atoms. The van der Waals surface area contributed by atoms with E-state index in [-0.39, 0.29) is 11.8 Å². The number of aliphatic hydroxyl groups is 1. The zero-order valence-corrected chi connectivity index (χ0v) is 12.3. The van der Waals surface area contributed by atoms with E-state index >= 15 is 0 Å². The number of carbonyl (C=O) groups is 1. The molecule has 0 radical (unpaired) electrons. The Hall–Kier alpha value is -2.13. The lowest BCUT2D eigenvalue weighted by atomic mass is 9.79. The molecule has 3 nitrogen and oxygen atoms in total. The number of methoxy groups -OCH3 is 1. The summed E-state index contributed by atoms with van der Waals surface area (Å²) in [5, 5.41) is 10.2. The Labute approximate surface area is 125 Å². The molecule has 2 atom stereocenters. The number of benzene rings is 2. The highest BCUT2D eigenvalue weighted by atomic mass is 16.5. The van der Waals surface area contributed by atoms with Crippen LogP contribution in [0.5, 0.6) is 0 Å². The van der Waals surface area contributed by atoms with Gasteiger partial charge >= 0.3 is 5.97 Å². The lowest BCUT2D eigenvalue weighted by molar-refractivity contribution is -0.153. The van der Waals surface area contributed by atoms with Gasteiger partial charge in [0.2, 0.25) is 0 Å². The number of hydrogen-bond acceptors (Lipinski definition) is 3. The fraction of sp³-hybridized carbons (Fsp3) is 0.278. The number of carbonyl (C=O) groups excluding carboxylic acids is 1. The van der Waals surface area contributed by atoms with Crippen LogP contribution >= 0.6 is 0 Å². The van der Waals surface area contributed by atoms with Gasteiger partial charge < -0.3 is 9.84 Å². The smallest absolute Gasteiger partial charge is 0.334 e. The Kier molecular flexibility index (Phi) is 5.12. The fourth-order valence-electron chi connectivity index (χ4n) is 2.64. The van der Waals surface area contributed by atoms with E-state index in [4.69, 9.17) is 0 Å². The van der Waals surface area contributed by atoms with Crippen LogP contribution in [-0.2, 0) is 9.53 Å². The molecule has 0 fully saturated rings. The molecule has 2 unspecified atom stereocenters. The molecular weight excluding hydrogens is 264 g/mol. The van der Waals surface area contributed by atoms with E-state index in [2.05, 4.69) is 4.74 Å². The predicted octanol–water partition coefficient (Wildman–Crippen LogP) is 2.99. The third-order valence-electron chi connectivity index (χ3n) is 3.78. The van der Waals surface area contributed by atoms with Crippen LogP contribution in [0.15, 0.2) is 60.7 Å². The molecular formula is C18H20O3. The summed E-state index contributed by atoms with van der Waals surface area (Å²) in [5.74, 6) is -0.955. The van der Waals surface area contributed by atoms with E-state index in [1.54, 1.807) is 0 Å². The molecule has 0 aromatic heterocycles. The van der Waals surface area contributed by atoms with Gasteiger partial charge in [-0.05, 0) is 11.1 Å². The molecule has 2 rings (SSSR count). The standard InChI is InChI=1S/C18H20O3/c1-13(17(19)18(20)21-2)16(14-9-5-3-6-10-14)15-11-7-4-8-12-15/h3-13,16-17,19H,1-2H3. The Morgan fingerprint density at radius 2 is 1.38 bits per heavy atom. The summed E-state index contributed by atoms with van der Waals surface area (Å²) < 4.78 is 4.67. The first-order valence-corrected chi connectivity index (χ1v) is 7.01.